The molecule has 0 heterocycles. The molecule has 1 aliphatic rings. The Kier molecular flexibility index (Phi) is 6.38. The van der Waals surface area contributed by atoms with Gasteiger partial charge in [0.25, 0.3) is 0 Å². The Morgan fingerprint density at radius 3 is 2.47 bits per heavy atom. The number of allylic oxidation sites excluding steroid dienone is 12. The van der Waals surface area contributed by atoms with Gasteiger partial charge in [0.2, 0.25) is 0 Å². The van der Waals surface area contributed by atoms with E-state index in [1.54, 1.807) is 12.2 Å². The SMILES string of the molecule is C=C/C=C\C(=C)C(C1=CCCC=C1)/C(C=C)=C/C=C. The summed E-state index contributed by atoms with van der Waals surface area (Å²) in [5.41, 5.74) is 3.43. The lowest BCUT2D eigenvalue weighted by Gasteiger charge is -2.22. The predicted molar refractivity (Wildman–Crippen MR) is 86.9 cm³/mol. The summed E-state index contributed by atoms with van der Waals surface area (Å²) in [5.74, 6) is 0.142. The van der Waals surface area contributed by atoms with Crippen LogP contribution in [0.1, 0.15) is 12.8 Å². The van der Waals surface area contributed by atoms with E-state index in [1.165, 1.54) is 5.57 Å². The first-order valence-electron chi connectivity index (χ1n) is 6.54. The van der Waals surface area contributed by atoms with Gasteiger partial charge in [-0.2, -0.15) is 0 Å². The van der Waals surface area contributed by atoms with Crippen LogP contribution < -0.4 is 0 Å². The van der Waals surface area contributed by atoms with Crippen LogP contribution in [0, 0.1) is 5.92 Å². The smallest absolute Gasteiger partial charge is 0.0330 e. The first-order valence-corrected chi connectivity index (χ1v) is 6.54. The molecule has 0 heteroatoms. The fourth-order valence-electron chi connectivity index (χ4n) is 2.17. The standard InChI is InChI=1S/C19H22/c1-5-8-13-16(4)19(17(7-3)12-6-2)18-14-10-9-11-15-18/h5-8,10,12-15,19H,1-4,9,11H2/b13-8-,17-12+. The maximum atomic E-state index is 4.19. The van der Waals surface area contributed by atoms with E-state index in [4.69, 9.17) is 0 Å². The van der Waals surface area contributed by atoms with Gasteiger partial charge < -0.3 is 0 Å². The lowest BCUT2D eigenvalue weighted by Crippen LogP contribution is -2.08. The van der Waals surface area contributed by atoms with E-state index in [0.717, 1.165) is 24.0 Å². The predicted octanol–water partition coefficient (Wildman–Crippen LogP) is 5.48. The van der Waals surface area contributed by atoms with Crippen molar-refractivity contribution in [1.82, 2.24) is 0 Å². The van der Waals surface area contributed by atoms with Gasteiger partial charge in [-0.3, -0.25) is 0 Å². The average Bonchev–Trinajstić information content (AvgIpc) is 2.45. The monoisotopic (exact) mass is 250 g/mol. The van der Waals surface area contributed by atoms with Crippen molar-refractivity contribution in [3.05, 3.63) is 97.7 Å². The molecule has 1 rings (SSSR count). The molecule has 0 aromatic heterocycles. The summed E-state index contributed by atoms with van der Waals surface area (Å²) in [6.07, 6.45) is 20.2. The number of hydrogen-bond acceptors (Lipinski definition) is 0. The summed E-state index contributed by atoms with van der Waals surface area (Å²) >= 11 is 0. The third kappa shape index (κ3) is 4.26. The fourth-order valence-corrected chi connectivity index (χ4v) is 2.17. The first kappa shape index (κ1) is 15.0. The van der Waals surface area contributed by atoms with E-state index < -0.39 is 0 Å². The van der Waals surface area contributed by atoms with Gasteiger partial charge >= 0.3 is 0 Å². The summed E-state index contributed by atoms with van der Waals surface area (Å²) < 4.78 is 0. The van der Waals surface area contributed by atoms with Crippen LogP contribution in [0.3, 0.4) is 0 Å². The van der Waals surface area contributed by atoms with Crippen molar-refractivity contribution in [1.29, 1.82) is 0 Å². The van der Waals surface area contributed by atoms with E-state index in [-0.39, 0.29) is 5.92 Å². The lowest BCUT2D eigenvalue weighted by molar-refractivity contribution is 0.873. The zero-order chi connectivity index (χ0) is 14.1. The molecule has 0 amide bonds. The Hall–Kier alpha value is -2.08. The summed E-state index contributed by atoms with van der Waals surface area (Å²) in [6.45, 7) is 15.6. The van der Waals surface area contributed by atoms with Gasteiger partial charge in [0.15, 0.2) is 0 Å². The van der Waals surface area contributed by atoms with Gasteiger partial charge in [0.05, 0.1) is 0 Å². The number of rotatable bonds is 7. The van der Waals surface area contributed by atoms with Crippen LogP contribution in [-0.4, -0.2) is 0 Å². The van der Waals surface area contributed by atoms with Crippen LogP contribution in [0.5, 0.6) is 0 Å². The minimum Gasteiger partial charge on any atom is -0.0991 e. The Labute approximate surface area is 117 Å². The van der Waals surface area contributed by atoms with Crippen LogP contribution in [0.2, 0.25) is 0 Å². The molecule has 0 saturated heterocycles. The highest BCUT2D eigenvalue weighted by atomic mass is 14.2. The zero-order valence-corrected chi connectivity index (χ0v) is 11.5. The Bertz CT molecular complexity index is 478. The molecule has 1 unspecified atom stereocenters. The van der Waals surface area contributed by atoms with Crippen molar-refractivity contribution in [2.75, 3.05) is 0 Å². The second-order valence-electron chi connectivity index (χ2n) is 4.39. The van der Waals surface area contributed by atoms with E-state index in [9.17, 15) is 0 Å². The van der Waals surface area contributed by atoms with Crippen LogP contribution in [0.4, 0.5) is 0 Å². The lowest BCUT2D eigenvalue weighted by atomic mass is 9.82. The number of hydrogen-bond donors (Lipinski definition) is 0. The molecule has 0 N–H and O–H groups in total. The van der Waals surface area contributed by atoms with Crippen molar-refractivity contribution in [3.8, 4) is 0 Å². The second-order valence-corrected chi connectivity index (χ2v) is 4.39. The molecule has 0 bridgehead atoms. The summed E-state index contributed by atoms with van der Waals surface area (Å²) in [5, 5.41) is 0. The molecule has 0 aromatic rings. The van der Waals surface area contributed by atoms with Crippen molar-refractivity contribution in [2.45, 2.75) is 12.8 Å². The molecule has 0 aliphatic heterocycles. The summed E-state index contributed by atoms with van der Waals surface area (Å²) in [4.78, 5) is 0. The molecule has 0 radical (unpaired) electrons. The molecule has 1 atom stereocenters. The van der Waals surface area contributed by atoms with Gasteiger partial charge in [-0.1, -0.05) is 81.0 Å². The van der Waals surface area contributed by atoms with Gasteiger partial charge in [0.1, 0.15) is 0 Å². The minimum atomic E-state index is 0.142. The minimum absolute atomic E-state index is 0.142. The van der Waals surface area contributed by atoms with Crippen LogP contribution in [0.25, 0.3) is 0 Å². The highest BCUT2D eigenvalue weighted by Crippen LogP contribution is 2.32. The molecular formula is C19H22. The Morgan fingerprint density at radius 1 is 1.16 bits per heavy atom. The van der Waals surface area contributed by atoms with Crippen molar-refractivity contribution < 1.29 is 0 Å². The highest BCUT2D eigenvalue weighted by Gasteiger charge is 2.18. The first-order chi connectivity index (χ1) is 9.24. The molecular weight excluding hydrogens is 228 g/mol. The molecule has 98 valence electrons. The molecule has 0 nitrogen and oxygen atoms in total. The Morgan fingerprint density at radius 2 is 1.95 bits per heavy atom. The molecule has 19 heavy (non-hydrogen) atoms. The normalized spacial score (nSPS) is 16.8. The maximum absolute atomic E-state index is 4.19. The Balaban J connectivity index is 3.16. The van der Waals surface area contributed by atoms with Crippen molar-refractivity contribution in [3.63, 3.8) is 0 Å². The molecule has 0 aromatic carbocycles. The largest absolute Gasteiger partial charge is 0.0991 e. The summed E-state index contributed by atoms with van der Waals surface area (Å²) in [7, 11) is 0. The average molecular weight is 250 g/mol. The van der Waals surface area contributed by atoms with Gasteiger partial charge in [0, 0.05) is 5.92 Å². The van der Waals surface area contributed by atoms with Crippen molar-refractivity contribution in [2.24, 2.45) is 5.92 Å². The third-order valence-corrected chi connectivity index (χ3v) is 3.05. The van der Waals surface area contributed by atoms with Crippen LogP contribution in [0.15, 0.2) is 97.7 Å². The zero-order valence-electron chi connectivity index (χ0n) is 11.5. The fraction of sp³-hybridized carbons (Fsp3) is 0.158. The quantitative estimate of drug-likeness (QED) is 0.525. The topological polar surface area (TPSA) is 0 Å². The molecule has 0 spiro atoms. The van der Waals surface area contributed by atoms with Crippen molar-refractivity contribution >= 4 is 0 Å². The van der Waals surface area contributed by atoms with E-state index in [2.05, 4.69) is 44.5 Å². The van der Waals surface area contributed by atoms with Gasteiger partial charge in [-0.25, -0.2) is 0 Å². The molecule has 0 saturated carbocycles. The second kappa shape index (κ2) is 8.10. The maximum Gasteiger partial charge on any atom is 0.0330 e. The van der Waals surface area contributed by atoms with Gasteiger partial charge in [-0.05, 0) is 29.6 Å². The van der Waals surface area contributed by atoms with Crippen LogP contribution in [-0.2, 0) is 0 Å². The highest BCUT2D eigenvalue weighted by molar-refractivity contribution is 5.46. The van der Waals surface area contributed by atoms with E-state index >= 15 is 0 Å². The molecule has 1 aliphatic carbocycles. The van der Waals surface area contributed by atoms with E-state index in [0.29, 0.717) is 0 Å². The third-order valence-electron chi connectivity index (χ3n) is 3.05. The van der Waals surface area contributed by atoms with Gasteiger partial charge in [-0.15, -0.1) is 0 Å². The molecule has 0 fully saturated rings. The van der Waals surface area contributed by atoms with E-state index in [1.807, 2.05) is 24.3 Å². The summed E-state index contributed by atoms with van der Waals surface area (Å²) in [6, 6.07) is 0. The van der Waals surface area contributed by atoms with Crippen LogP contribution >= 0.6 is 0 Å².